The molecule has 4 rings (SSSR count). The van der Waals surface area contributed by atoms with Crippen LogP contribution in [0.2, 0.25) is 0 Å². The summed E-state index contributed by atoms with van der Waals surface area (Å²) in [4.78, 5) is 59.8. The molecule has 47 heavy (non-hydrogen) atoms. The average molecular weight is 712 g/mol. The van der Waals surface area contributed by atoms with Gasteiger partial charge in [0.05, 0.1) is 18.7 Å². The van der Waals surface area contributed by atoms with Gasteiger partial charge in [0, 0.05) is 30.4 Å². The number of nitrogens with one attached hydrogen (secondary N) is 1. The van der Waals surface area contributed by atoms with Crippen LogP contribution >= 0.6 is 34.9 Å². The van der Waals surface area contributed by atoms with Crippen molar-refractivity contribution >= 4 is 63.9 Å². The van der Waals surface area contributed by atoms with Crippen molar-refractivity contribution in [1.29, 1.82) is 0 Å². The predicted molar refractivity (Wildman–Crippen MR) is 176 cm³/mol. The second-order valence-electron chi connectivity index (χ2n) is 11.9. The summed E-state index contributed by atoms with van der Waals surface area (Å²) in [6.45, 7) is 10.4. The Bertz CT molecular complexity index is 1470. The Kier molecular flexibility index (Phi) is 12.5. The quantitative estimate of drug-likeness (QED) is 0.118. The number of carbonyl (C=O) groups is 4. The van der Waals surface area contributed by atoms with E-state index in [0.717, 1.165) is 6.54 Å². The van der Waals surface area contributed by atoms with Crippen LogP contribution in [0.25, 0.3) is 0 Å². The lowest BCUT2D eigenvalue weighted by atomic mass is 9.96. The number of nitrogens with zero attached hydrogens (tertiary/aromatic N) is 7. The normalized spacial score (nSPS) is 18.4. The second-order valence-corrected chi connectivity index (χ2v) is 14.9. The van der Waals surface area contributed by atoms with Gasteiger partial charge in [0.15, 0.2) is 5.13 Å². The van der Waals surface area contributed by atoms with E-state index >= 15 is 0 Å². The van der Waals surface area contributed by atoms with Gasteiger partial charge in [0.1, 0.15) is 23.2 Å². The largest absolute Gasteiger partial charge is 0.511 e. The lowest BCUT2D eigenvalue weighted by Crippen LogP contribution is -2.70. The summed E-state index contributed by atoms with van der Waals surface area (Å²) in [5.41, 5.74) is 6.81. The van der Waals surface area contributed by atoms with Gasteiger partial charge < -0.3 is 30.2 Å². The maximum absolute atomic E-state index is 13.7. The molecule has 1 saturated heterocycles. The molecule has 0 bridgehead atoms. The number of ether oxygens (including phenoxy) is 3. The van der Waals surface area contributed by atoms with Crippen molar-refractivity contribution in [2.75, 3.05) is 37.9 Å². The minimum absolute atomic E-state index is 0.0300. The summed E-state index contributed by atoms with van der Waals surface area (Å²) in [7, 11) is 3.89. The van der Waals surface area contributed by atoms with Crippen LogP contribution in [0, 0.1) is 11.8 Å². The molecule has 2 aliphatic rings. The fraction of sp³-hybridized carbons (Fsp3) is 0.643. The third-order valence-corrected chi connectivity index (χ3v) is 10.3. The van der Waals surface area contributed by atoms with E-state index in [2.05, 4.69) is 25.8 Å². The van der Waals surface area contributed by atoms with Gasteiger partial charge in [-0.05, 0) is 41.9 Å². The maximum atomic E-state index is 13.7. The van der Waals surface area contributed by atoms with E-state index in [-0.39, 0.29) is 35.8 Å². The number of anilines is 1. The van der Waals surface area contributed by atoms with Crippen LogP contribution in [-0.4, -0.2) is 115 Å². The maximum Gasteiger partial charge on any atom is 0.511 e. The van der Waals surface area contributed by atoms with Gasteiger partial charge in [-0.2, -0.15) is 0 Å². The number of fused-ring (bicyclic) bond motifs is 1. The van der Waals surface area contributed by atoms with E-state index in [1.54, 1.807) is 10.1 Å². The van der Waals surface area contributed by atoms with Crippen molar-refractivity contribution in [2.24, 2.45) is 11.8 Å². The molecule has 3 N–H and O–H groups in total. The number of thiazole rings is 1. The molecule has 19 heteroatoms. The summed E-state index contributed by atoms with van der Waals surface area (Å²) in [5, 5.41) is 16.7. The summed E-state index contributed by atoms with van der Waals surface area (Å²) in [6.07, 6.45) is -2.70. The zero-order chi connectivity index (χ0) is 34.4. The summed E-state index contributed by atoms with van der Waals surface area (Å²) in [5.74, 6) is -0.966. The number of thioether (sulfide) groups is 2. The fourth-order valence-corrected chi connectivity index (χ4v) is 7.96. The zero-order valence-corrected chi connectivity index (χ0v) is 29.8. The molecule has 258 valence electrons. The topological polar surface area (TPSA) is 197 Å². The first-order valence-electron chi connectivity index (χ1n) is 15.0. The predicted octanol–water partition coefficient (Wildman–Crippen LogP) is 1.99. The number of nitrogens with two attached hydrogens (primary N) is 1. The molecule has 3 atom stereocenters. The Balaban J connectivity index is 1.49. The van der Waals surface area contributed by atoms with Gasteiger partial charge in [-0.3, -0.25) is 14.5 Å². The first kappa shape index (κ1) is 36.4. The number of likely N-dealkylation sites (N-methyl/N-ethyl adjacent to an activating group) is 1. The van der Waals surface area contributed by atoms with Crippen LogP contribution in [0.15, 0.2) is 21.8 Å². The number of aromatic nitrogens is 5. The molecule has 2 aromatic heterocycles. The first-order valence-corrected chi connectivity index (χ1v) is 17.9. The number of hydrogen-bond donors (Lipinski definition) is 2. The van der Waals surface area contributed by atoms with Crippen LogP contribution in [-0.2, 0) is 41.6 Å². The average Bonchev–Trinajstić information content (AvgIpc) is 3.63. The molecule has 16 nitrogen and oxygen atoms in total. The molecule has 0 radical (unpaired) electrons. The highest BCUT2D eigenvalue weighted by atomic mass is 32.2. The number of esters is 1. The summed E-state index contributed by atoms with van der Waals surface area (Å²) < 4.78 is 17.9. The number of tetrazole rings is 1. The smallest absolute Gasteiger partial charge is 0.430 e. The number of carbonyl (C=O) groups excluding carboxylic acids is 4. The van der Waals surface area contributed by atoms with Crippen LogP contribution in [0.5, 0.6) is 0 Å². The molecule has 2 aromatic rings. The van der Waals surface area contributed by atoms with Gasteiger partial charge in [0.2, 0.25) is 17.4 Å². The number of hydrogen-bond acceptors (Lipinski definition) is 16. The van der Waals surface area contributed by atoms with Crippen molar-refractivity contribution in [3.05, 3.63) is 22.3 Å². The molecule has 1 unspecified atom stereocenters. The second kappa shape index (κ2) is 16.1. The molecule has 2 aliphatic heterocycles. The van der Waals surface area contributed by atoms with E-state index in [4.69, 9.17) is 19.9 Å². The van der Waals surface area contributed by atoms with Crippen molar-refractivity contribution in [3.8, 4) is 0 Å². The van der Waals surface area contributed by atoms with Gasteiger partial charge in [0.25, 0.3) is 5.91 Å². The SMILES string of the molecule is CC(OC(=O)OC(C(C)C)C(C)C)OC(=O)C1=C(CSc2nnnn2CCN(C)C)CS[C@@H]2[C@H](NC(=O)Cc3csc(N)n3)C(=O)N12. The molecule has 4 heterocycles. The molecule has 0 saturated carbocycles. The number of nitrogen functional groups attached to an aromatic ring is 1. The van der Waals surface area contributed by atoms with Crippen molar-refractivity contribution in [2.45, 2.75) is 76.6 Å². The van der Waals surface area contributed by atoms with Crippen LogP contribution in [0.3, 0.4) is 0 Å². The lowest BCUT2D eigenvalue weighted by molar-refractivity contribution is -0.170. The van der Waals surface area contributed by atoms with Crippen LogP contribution in [0.4, 0.5) is 9.93 Å². The number of β-lactam (4-membered cyclic amide) rings is 1. The highest BCUT2D eigenvalue weighted by Gasteiger charge is 2.54. The van der Waals surface area contributed by atoms with Crippen molar-refractivity contribution < 1.29 is 33.4 Å². The molecular formula is C28H41N9O7S3. The fourth-order valence-electron chi connectivity index (χ4n) is 5.01. The molecule has 0 aromatic carbocycles. The standard InChI is InChI=1S/C28H41N9O7S3/c1-14(2)22(15(3)4)44-28(41)43-16(5)42-25(40)21-17(12-47-27-32-33-34-36(27)9-8-35(6)7)11-45-24-20(23(39)37(21)24)31-19(38)10-18-13-46-26(29)30-18/h13-16,20,22,24H,8-12H2,1-7H3,(H2,29,30)(H,31,38)/t16?,20-,24-/m1/s1. The molecule has 1 fully saturated rings. The monoisotopic (exact) mass is 711 g/mol. The van der Waals surface area contributed by atoms with E-state index < -0.39 is 41.6 Å². The van der Waals surface area contributed by atoms with Gasteiger partial charge in [-0.1, -0.05) is 39.5 Å². The van der Waals surface area contributed by atoms with Crippen LogP contribution < -0.4 is 11.1 Å². The third-order valence-electron chi connectivity index (χ3n) is 7.18. The minimum atomic E-state index is -1.31. The number of rotatable bonds is 15. The summed E-state index contributed by atoms with van der Waals surface area (Å²) >= 11 is 3.95. The highest BCUT2D eigenvalue weighted by molar-refractivity contribution is 8.01. The Morgan fingerprint density at radius 1 is 1.15 bits per heavy atom. The minimum Gasteiger partial charge on any atom is -0.430 e. The molecule has 0 aliphatic carbocycles. The summed E-state index contributed by atoms with van der Waals surface area (Å²) in [6, 6.07) is -0.855. The number of amides is 2. The van der Waals surface area contributed by atoms with Crippen LogP contribution in [0.1, 0.15) is 40.3 Å². The Labute approximate surface area is 285 Å². The van der Waals surface area contributed by atoms with Crippen molar-refractivity contribution in [3.63, 3.8) is 0 Å². The van der Waals surface area contributed by atoms with Gasteiger partial charge in [-0.25, -0.2) is 19.3 Å². The zero-order valence-electron chi connectivity index (χ0n) is 27.4. The molecule has 0 spiro atoms. The Morgan fingerprint density at radius 2 is 1.87 bits per heavy atom. The first-order chi connectivity index (χ1) is 22.2. The van der Waals surface area contributed by atoms with Crippen molar-refractivity contribution in [1.82, 2.24) is 40.3 Å². The lowest BCUT2D eigenvalue weighted by Gasteiger charge is -2.49. The Morgan fingerprint density at radius 3 is 2.51 bits per heavy atom. The molecular weight excluding hydrogens is 671 g/mol. The van der Waals surface area contributed by atoms with Gasteiger partial charge in [-0.15, -0.1) is 28.2 Å². The third kappa shape index (κ3) is 9.35. The Hall–Kier alpha value is -3.42. The van der Waals surface area contributed by atoms with E-state index in [1.807, 2.05) is 46.7 Å². The van der Waals surface area contributed by atoms with E-state index in [9.17, 15) is 19.2 Å². The van der Waals surface area contributed by atoms with Gasteiger partial charge >= 0.3 is 12.1 Å². The van der Waals surface area contributed by atoms with E-state index in [1.165, 1.54) is 46.7 Å². The van der Waals surface area contributed by atoms with E-state index in [0.29, 0.717) is 33.9 Å². The molecule has 2 amide bonds. The highest BCUT2D eigenvalue weighted by Crippen LogP contribution is 2.42.